The predicted octanol–water partition coefficient (Wildman–Crippen LogP) is 4.54. The van der Waals surface area contributed by atoms with E-state index in [9.17, 15) is 9.59 Å². The number of carbonyl (C=O) groups excluding carboxylic acids is 1. The fourth-order valence-corrected chi connectivity index (χ4v) is 3.04. The maximum Gasteiger partial charge on any atom is 0.411 e. The summed E-state index contributed by atoms with van der Waals surface area (Å²) in [5.41, 5.74) is 1.02. The first-order valence-corrected chi connectivity index (χ1v) is 8.06. The SMILES string of the molecule is CC(C)(C)C1CCC(OC(=O)Nc2ccc(C(=O)O)cc2)CC1. The Balaban J connectivity index is 1.80. The van der Waals surface area contributed by atoms with E-state index in [4.69, 9.17) is 9.84 Å². The maximum atomic E-state index is 11.9. The lowest BCUT2D eigenvalue weighted by Crippen LogP contribution is -2.31. The van der Waals surface area contributed by atoms with Crippen molar-refractivity contribution < 1.29 is 19.4 Å². The second-order valence-corrected chi connectivity index (χ2v) is 7.25. The van der Waals surface area contributed by atoms with Gasteiger partial charge in [0.15, 0.2) is 0 Å². The molecule has 0 aliphatic heterocycles. The van der Waals surface area contributed by atoms with Gasteiger partial charge in [-0.15, -0.1) is 0 Å². The van der Waals surface area contributed by atoms with Crippen LogP contribution >= 0.6 is 0 Å². The molecular formula is C18H25NO4. The zero-order valence-electron chi connectivity index (χ0n) is 14.0. The number of hydrogen-bond acceptors (Lipinski definition) is 3. The number of hydrogen-bond donors (Lipinski definition) is 2. The average molecular weight is 319 g/mol. The third-order valence-electron chi connectivity index (χ3n) is 4.55. The topological polar surface area (TPSA) is 75.6 Å². The van der Waals surface area contributed by atoms with E-state index in [-0.39, 0.29) is 11.7 Å². The van der Waals surface area contributed by atoms with Crippen molar-refractivity contribution in [2.75, 3.05) is 5.32 Å². The molecule has 0 spiro atoms. The first kappa shape index (κ1) is 17.3. The number of anilines is 1. The molecule has 0 radical (unpaired) electrons. The lowest BCUT2D eigenvalue weighted by atomic mass is 9.72. The van der Waals surface area contributed by atoms with Gasteiger partial charge in [0, 0.05) is 5.69 Å². The summed E-state index contributed by atoms with van der Waals surface area (Å²) in [5, 5.41) is 11.5. The molecule has 0 unspecified atom stereocenters. The van der Waals surface area contributed by atoms with E-state index in [0.29, 0.717) is 17.0 Å². The van der Waals surface area contributed by atoms with Gasteiger partial charge in [-0.2, -0.15) is 0 Å². The third kappa shape index (κ3) is 4.98. The second kappa shape index (κ2) is 7.02. The molecule has 0 aromatic heterocycles. The van der Waals surface area contributed by atoms with Crippen molar-refractivity contribution in [1.82, 2.24) is 0 Å². The highest BCUT2D eigenvalue weighted by Crippen LogP contribution is 2.38. The summed E-state index contributed by atoms with van der Waals surface area (Å²) >= 11 is 0. The smallest absolute Gasteiger partial charge is 0.411 e. The molecule has 2 N–H and O–H groups in total. The summed E-state index contributed by atoms with van der Waals surface area (Å²) in [5.74, 6) is -0.316. The molecule has 1 aliphatic carbocycles. The summed E-state index contributed by atoms with van der Waals surface area (Å²) in [6.45, 7) is 6.77. The van der Waals surface area contributed by atoms with Crippen LogP contribution < -0.4 is 5.32 Å². The Morgan fingerprint density at radius 2 is 1.65 bits per heavy atom. The number of nitrogens with one attached hydrogen (secondary N) is 1. The van der Waals surface area contributed by atoms with Crippen LogP contribution in [0.2, 0.25) is 0 Å². The summed E-state index contributed by atoms with van der Waals surface area (Å²) in [6.07, 6.45) is 3.43. The monoisotopic (exact) mass is 319 g/mol. The first-order chi connectivity index (χ1) is 10.8. The van der Waals surface area contributed by atoms with Crippen LogP contribution in [0.25, 0.3) is 0 Å². The molecule has 126 valence electrons. The predicted molar refractivity (Wildman–Crippen MR) is 88.7 cm³/mol. The Morgan fingerprint density at radius 3 is 2.13 bits per heavy atom. The van der Waals surface area contributed by atoms with E-state index >= 15 is 0 Å². The lowest BCUT2D eigenvalue weighted by Gasteiger charge is -2.36. The van der Waals surface area contributed by atoms with Crippen molar-refractivity contribution in [3.63, 3.8) is 0 Å². The van der Waals surface area contributed by atoms with Crippen LogP contribution in [0.4, 0.5) is 10.5 Å². The van der Waals surface area contributed by atoms with Gasteiger partial charge in [-0.05, 0) is 61.3 Å². The molecule has 1 aromatic carbocycles. The van der Waals surface area contributed by atoms with Crippen LogP contribution in [0.3, 0.4) is 0 Å². The highest BCUT2D eigenvalue weighted by molar-refractivity contribution is 5.89. The molecule has 5 nitrogen and oxygen atoms in total. The van der Waals surface area contributed by atoms with E-state index in [2.05, 4.69) is 26.1 Å². The van der Waals surface area contributed by atoms with E-state index in [1.807, 2.05) is 0 Å². The molecule has 0 saturated heterocycles. The number of rotatable bonds is 3. The minimum Gasteiger partial charge on any atom is -0.478 e. The molecule has 0 atom stereocenters. The van der Waals surface area contributed by atoms with Crippen molar-refractivity contribution in [2.45, 2.75) is 52.6 Å². The van der Waals surface area contributed by atoms with Crippen LogP contribution in [0.1, 0.15) is 56.8 Å². The van der Waals surface area contributed by atoms with Crippen molar-refractivity contribution in [2.24, 2.45) is 11.3 Å². The lowest BCUT2D eigenvalue weighted by molar-refractivity contribution is 0.0528. The van der Waals surface area contributed by atoms with Gasteiger partial charge in [0.25, 0.3) is 0 Å². The first-order valence-electron chi connectivity index (χ1n) is 8.06. The quantitative estimate of drug-likeness (QED) is 0.857. The van der Waals surface area contributed by atoms with Crippen molar-refractivity contribution in [3.05, 3.63) is 29.8 Å². The van der Waals surface area contributed by atoms with Crippen LogP contribution in [-0.4, -0.2) is 23.3 Å². The number of carboxylic acid groups (broad SMARTS) is 1. The largest absolute Gasteiger partial charge is 0.478 e. The number of carboxylic acids is 1. The van der Waals surface area contributed by atoms with Gasteiger partial charge < -0.3 is 9.84 Å². The Labute approximate surface area is 137 Å². The zero-order chi connectivity index (χ0) is 17.0. The van der Waals surface area contributed by atoms with Crippen LogP contribution in [0, 0.1) is 11.3 Å². The van der Waals surface area contributed by atoms with E-state index in [1.165, 1.54) is 12.1 Å². The fraction of sp³-hybridized carbons (Fsp3) is 0.556. The van der Waals surface area contributed by atoms with E-state index < -0.39 is 12.1 Å². The Kier molecular flexibility index (Phi) is 5.29. The highest BCUT2D eigenvalue weighted by atomic mass is 16.6. The summed E-state index contributed by atoms with van der Waals surface area (Å²) < 4.78 is 5.47. The molecule has 0 heterocycles. The van der Waals surface area contributed by atoms with Gasteiger partial charge in [-0.3, -0.25) is 5.32 Å². The van der Waals surface area contributed by atoms with Crippen molar-refractivity contribution in [1.29, 1.82) is 0 Å². The maximum absolute atomic E-state index is 11.9. The molecule has 23 heavy (non-hydrogen) atoms. The fourth-order valence-electron chi connectivity index (χ4n) is 3.04. The number of ether oxygens (including phenoxy) is 1. The van der Waals surface area contributed by atoms with Crippen LogP contribution in [0.5, 0.6) is 0 Å². The van der Waals surface area contributed by atoms with Gasteiger partial charge in [0.05, 0.1) is 5.56 Å². The second-order valence-electron chi connectivity index (χ2n) is 7.25. The standard InChI is InChI=1S/C18H25NO4/c1-18(2,3)13-6-10-15(11-7-13)23-17(22)19-14-8-4-12(5-9-14)16(20)21/h4-5,8-9,13,15H,6-7,10-11H2,1-3H3,(H,19,22)(H,20,21). The number of aromatic carboxylic acids is 1. The molecule has 1 saturated carbocycles. The Hall–Kier alpha value is -2.04. The Morgan fingerprint density at radius 1 is 1.09 bits per heavy atom. The highest BCUT2D eigenvalue weighted by Gasteiger charge is 2.31. The van der Waals surface area contributed by atoms with E-state index in [1.54, 1.807) is 12.1 Å². The number of carbonyl (C=O) groups is 2. The summed E-state index contributed by atoms with van der Waals surface area (Å²) in [7, 11) is 0. The molecule has 1 amide bonds. The van der Waals surface area contributed by atoms with Gasteiger partial charge >= 0.3 is 12.1 Å². The normalized spacial score (nSPS) is 21.5. The average Bonchev–Trinajstić information content (AvgIpc) is 2.47. The van der Waals surface area contributed by atoms with E-state index in [0.717, 1.165) is 25.7 Å². The van der Waals surface area contributed by atoms with Gasteiger partial charge in [0.1, 0.15) is 6.10 Å². The molecule has 1 fully saturated rings. The minimum absolute atomic E-state index is 0.0353. The molecule has 1 aliphatic rings. The van der Waals surface area contributed by atoms with Gasteiger partial charge in [-0.25, -0.2) is 9.59 Å². The molecule has 1 aromatic rings. The number of amides is 1. The molecule has 0 bridgehead atoms. The van der Waals surface area contributed by atoms with Crippen molar-refractivity contribution >= 4 is 17.7 Å². The third-order valence-corrected chi connectivity index (χ3v) is 4.55. The number of benzene rings is 1. The molecular weight excluding hydrogens is 294 g/mol. The van der Waals surface area contributed by atoms with Gasteiger partial charge in [0.2, 0.25) is 0 Å². The Bertz CT molecular complexity index is 551. The molecule has 5 heteroatoms. The minimum atomic E-state index is -0.991. The summed E-state index contributed by atoms with van der Waals surface area (Å²) in [4.78, 5) is 22.7. The zero-order valence-corrected chi connectivity index (χ0v) is 14.0. The summed E-state index contributed by atoms with van der Waals surface area (Å²) in [6, 6.07) is 6.02. The van der Waals surface area contributed by atoms with Crippen LogP contribution in [0.15, 0.2) is 24.3 Å². The van der Waals surface area contributed by atoms with Crippen molar-refractivity contribution in [3.8, 4) is 0 Å². The molecule has 2 rings (SSSR count). The van der Waals surface area contributed by atoms with Crippen LogP contribution in [-0.2, 0) is 4.74 Å². The van der Waals surface area contributed by atoms with Gasteiger partial charge in [-0.1, -0.05) is 20.8 Å².